The van der Waals surface area contributed by atoms with Crippen LogP contribution in [0.5, 0.6) is 6.01 Å². The molecule has 0 radical (unpaired) electrons. The van der Waals surface area contributed by atoms with Gasteiger partial charge in [-0.15, -0.1) is 0 Å². The average molecular weight is 455 g/mol. The summed E-state index contributed by atoms with van der Waals surface area (Å²) in [5, 5.41) is 7.12. The molecule has 32 heavy (non-hydrogen) atoms. The molecule has 0 bridgehead atoms. The van der Waals surface area contributed by atoms with Gasteiger partial charge in [-0.1, -0.05) is 6.92 Å². The molecule has 174 valence electrons. The van der Waals surface area contributed by atoms with E-state index in [2.05, 4.69) is 31.8 Å². The Morgan fingerprint density at radius 1 is 1.28 bits per heavy atom. The summed E-state index contributed by atoms with van der Waals surface area (Å²) in [5.41, 5.74) is 0.966. The fourth-order valence-electron chi connectivity index (χ4n) is 3.62. The van der Waals surface area contributed by atoms with Crippen molar-refractivity contribution in [3.63, 3.8) is 0 Å². The third-order valence-electron chi connectivity index (χ3n) is 5.15. The van der Waals surface area contributed by atoms with Crippen LogP contribution in [0.2, 0.25) is 0 Å². The number of aliphatic carboxylic acids is 1. The number of ether oxygens (including phenoxy) is 2. The number of carbonyl (C=O) groups is 1. The minimum Gasteiger partial charge on any atom is -0.475 e. The van der Waals surface area contributed by atoms with Gasteiger partial charge in [0, 0.05) is 44.3 Å². The van der Waals surface area contributed by atoms with Gasteiger partial charge >= 0.3 is 18.2 Å². The molecule has 12 heteroatoms. The molecule has 1 spiro atoms. The van der Waals surface area contributed by atoms with Gasteiger partial charge in [0.05, 0.1) is 12.2 Å². The SMILES string of the molecule is CCc1cnc(N2CCCC3(CC(Oc4ncccn4)CO3)C2)nc1.O=C(O)C(F)(F)F. The smallest absolute Gasteiger partial charge is 0.475 e. The highest BCUT2D eigenvalue weighted by Crippen LogP contribution is 2.36. The zero-order valence-corrected chi connectivity index (χ0v) is 17.5. The topological polar surface area (TPSA) is 111 Å². The second kappa shape index (κ2) is 10.1. The zero-order chi connectivity index (χ0) is 23.2. The molecule has 0 amide bonds. The molecule has 2 unspecified atom stereocenters. The molecule has 2 aromatic heterocycles. The van der Waals surface area contributed by atoms with E-state index in [1.807, 2.05) is 12.4 Å². The second-order valence-corrected chi connectivity index (χ2v) is 7.54. The number of carboxylic acid groups (broad SMARTS) is 1. The van der Waals surface area contributed by atoms with E-state index in [0.717, 1.165) is 50.3 Å². The highest BCUT2D eigenvalue weighted by Gasteiger charge is 2.45. The van der Waals surface area contributed by atoms with Crippen molar-refractivity contribution in [3.05, 3.63) is 36.4 Å². The fraction of sp³-hybridized carbons (Fsp3) is 0.550. The Morgan fingerprint density at radius 2 is 1.94 bits per heavy atom. The van der Waals surface area contributed by atoms with Crippen LogP contribution in [0.3, 0.4) is 0 Å². The molecule has 4 heterocycles. The standard InChI is InChI=1S/C18H23N5O2.C2HF3O2/c1-2-14-10-21-16(22-11-14)23-8-3-5-18(13-23)9-15(12-24-18)25-17-19-6-4-7-20-17;3-2(4,5)1(6)7/h4,6-7,10-11,15H,2-3,5,8-9,12-13H2,1H3;(H,6,7). The van der Waals surface area contributed by atoms with E-state index >= 15 is 0 Å². The summed E-state index contributed by atoms with van der Waals surface area (Å²) in [6.45, 7) is 4.44. The van der Waals surface area contributed by atoms with E-state index in [1.54, 1.807) is 18.5 Å². The number of aryl methyl sites for hydroxylation is 1. The monoisotopic (exact) mass is 455 g/mol. The van der Waals surface area contributed by atoms with Crippen LogP contribution in [-0.4, -0.2) is 68.6 Å². The summed E-state index contributed by atoms with van der Waals surface area (Å²) in [6.07, 6.45) is 6.00. The Morgan fingerprint density at radius 3 is 2.53 bits per heavy atom. The minimum atomic E-state index is -5.08. The predicted molar refractivity (Wildman–Crippen MR) is 106 cm³/mol. The first-order valence-electron chi connectivity index (χ1n) is 10.1. The Kier molecular flexibility index (Phi) is 7.44. The third-order valence-corrected chi connectivity index (χ3v) is 5.15. The number of hydrogen-bond acceptors (Lipinski definition) is 8. The molecule has 0 saturated carbocycles. The number of piperidine rings is 1. The summed E-state index contributed by atoms with van der Waals surface area (Å²) in [7, 11) is 0. The van der Waals surface area contributed by atoms with Crippen molar-refractivity contribution in [2.75, 3.05) is 24.6 Å². The lowest BCUT2D eigenvalue weighted by Crippen LogP contribution is -2.48. The molecule has 4 rings (SSSR count). The summed E-state index contributed by atoms with van der Waals surface area (Å²) in [6, 6.07) is 2.20. The number of nitrogens with zero attached hydrogens (tertiary/aromatic N) is 5. The highest BCUT2D eigenvalue weighted by molar-refractivity contribution is 5.73. The lowest BCUT2D eigenvalue weighted by molar-refractivity contribution is -0.192. The first-order chi connectivity index (χ1) is 15.2. The Bertz CT molecular complexity index is 885. The van der Waals surface area contributed by atoms with E-state index in [4.69, 9.17) is 19.4 Å². The number of hydrogen-bond donors (Lipinski definition) is 1. The molecule has 2 aliphatic rings. The van der Waals surface area contributed by atoms with Crippen molar-refractivity contribution >= 4 is 11.9 Å². The van der Waals surface area contributed by atoms with Crippen molar-refractivity contribution in [1.82, 2.24) is 19.9 Å². The lowest BCUT2D eigenvalue weighted by atomic mass is 9.89. The van der Waals surface area contributed by atoms with E-state index < -0.39 is 12.1 Å². The van der Waals surface area contributed by atoms with Gasteiger partial charge in [-0.3, -0.25) is 0 Å². The predicted octanol–water partition coefficient (Wildman–Crippen LogP) is 2.67. The Balaban J connectivity index is 0.000000360. The van der Waals surface area contributed by atoms with E-state index in [1.165, 1.54) is 0 Å². The van der Waals surface area contributed by atoms with Crippen molar-refractivity contribution in [3.8, 4) is 6.01 Å². The van der Waals surface area contributed by atoms with Gasteiger partial charge in [-0.05, 0) is 30.9 Å². The molecule has 2 fully saturated rings. The lowest BCUT2D eigenvalue weighted by Gasteiger charge is -2.39. The van der Waals surface area contributed by atoms with Crippen LogP contribution in [0, 0.1) is 0 Å². The first kappa shape index (κ1) is 23.6. The van der Waals surface area contributed by atoms with Crippen LogP contribution in [0.15, 0.2) is 30.9 Å². The number of rotatable bonds is 4. The van der Waals surface area contributed by atoms with Crippen LogP contribution >= 0.6 is 0 Å². The highest BCUT2D eigenvalue weighted by atomic mass is 19.4. The van der Waals surface area contributed by atoms with Crippen molar-refractivity contribution in [2.24, 2.45) is 0 Å². The van der Waals surface area contributed by atoms with E-state index in [0.29, 0.717) is 12.6 Å². The third kappa shape index (κ3) is 6.25. The average Bonchev–Trinajstić information content (AvgIpc) is 3.15. The largest absolute Gasteiger partial charge is 0.490 e. The Labute approximate surface area is 182 Å². The minimum absolute atomic E-state index is 0.00858. The van der Waals surface area contributed by atoms with Crippen molar-refractivity contribution in [2.45, 2.75) is 50.5 Å². The first-order valence-corrected chi connectivity index (χ1v) is 10.1. The van der Waals surface area contributed by atoms with Gasteiger partial charge in [0.15, 0.2) is 0 Å². The quantitative estimate of drug-likeness (QED) is 0.744. The van der Waals surface area contributed by atoms with Gasteiger partial charge in [0.25, 0.3) is 0 Å². The van der Waals surface area contributed by atoms with Crippen molar-refractivity contribution < 1.29 is 32.5 Å². The number of carboxylic acids is 1. The summed E-state index contributed by atoms with van der Waals surface area (Å²) >= 11 is 0. The molecule has 2 aromatic rings. The molecule has 9 nitrogen and oxygen atoms in total. The van der Waals surface area contributed by atoms with Crippen LogP contribution in [0.4, 0.5) is 19.1 Å². The van der Waals surface area contributed by atoms with E-state index in [-0.39, 0.29) is 11.7 Å². The fourth-order valence-corrected chi connectivity index (χ4v) is 3.62. The molecular formula is C20H24F3N5O4. The maximum Gasteiger partial charge on any atom is 0.490 e. The van der Waals surface area contributed by atoms with Crippen molar-refractivity contribution in [1.29, 1.82) is 0 Å². The van der Waals surface area contributed by atoms with Crippen LogP contribution in [0.25, 0.3) is 0 Å². The maximum atomic E-state index is 10.6. The van der Waals surface area contributed by atoms with Crippen LogP contribution in [-0.2, 0) is 16.0 Å². The number of halogens is 3. The summed E-state index contributed by atoms with van der Waals surface area (Å²) in [5.74, 6) is -1.97. The molecule has 2 saturated heterocycles. The van der Waals surface area contributed by atoms with Gasteiger partial charge in [0.1, 0.15) is 6.10 Å². The Hall–Kier alpha value is -3.02. The van der Waals surface area contributed by atoms with Gasteiger partial charge < -0.3 is 19.5 Å². The zero-order valence-electron chi connectivity index (χ0n) is 17.5. The number of aromatic nitrogens is 4. The molecule has 2 aliphatic heterocycles. The maximum absolute atomic E-state index is 10.6. The van der Waals surface area contributed by atoms with Gasteiger partial charge in [-0.25, -0.2) is 24.7 Å². The molecule has 1 N–H and O–H groups in total. The normalized spacial score (nSPS) is 22.9. The van der Waals surface area contributed by atoms with E-state index in [9.17, 15) is 13.2 Å². The summed E-state index contributed by atoms with van der Waals surface area (Å²) in [4.78, 5) is 28.4. The van der Waals surface area contributed by atoms with Gasteiger partial charge in [-0.2, -0.15) is 13.2 Å². The van der Waals surface area contributed by atoms with Crippen LogP contribution < -0.4 is 9.64 Å². The summed E-state index contributed by atoms with van der Waals surface area (Å²) < 4.78 is 43.8. The number of alkyl halides is 3. The molecule has 0 aromatic carbocycles. The second-order valence-electron chi connectivity index (χ2n) is 7.54. The van der Waals surface area contributed by atoms with Gasteiger partial charge in [0.2, 0.25) is 5.95 Å². The molecule has 2 atom stereocenters. The number of anilines is 1. The molecule has 0 aliphatic carbocycles. The van der Waals surface area contributed by atoms with Crippen LogP contribution in [0.1, 0.15) is 31.7 Å². The molecular weight excluding hydrogens is 431 g/mol.